The van der Waals surface area contributed by atoms with Crippen LogP contribution in [-0.2, 0) is 6.42 Å². The number of fused-ring (bicyclic) bond motifs is 1. The fourth-order valence-electron chi connectivity index (χ4n) is 1.89. The summed E-state index contributed by atoms with van der Waals surface area (Å²) in [6, 6.07) is 4.69. The quantitative estimate of drug-likeness (QED) is 0.682. The van der Waals surface area contributed by atoms with E-state index < -0.39 is 18.2 Å². The number of amides is 1. The molecule has 0 aliphatic heterocycles. The molecule has 1 aliphatic rings. The van der Waals surface area contributed by atoms with Gasteiger partial charge in [0.25, 0.3) is 0 Å². The third-order valence-corrected chi connectivity index (χ3v) is 2.79. The van der Waals surface area contributed by atoms with Crippen LogP contribution in [0.4, 0.5) is 4.79 Å². The van der Waals surface area contributed by atoms with Crippen molar-refractivity contribution in [1.29, 1.82) is 0 Å². The van der Waals surface area contributed by atoms with Crippen LogP contribution in [0.2, 0.25) is 5.02 Å². The van der Waals surface area contributed by atoms with Gasteiger partial charge >= 0.3 is 6.09 Å². The van der Waals surface area contributed by atoms with Crippen molar-refractivity contribution in [3.05, 3.63) is 34.3 Å². The maximum Gasteiger partial charge on any atom is 0.404 e. The monoisotopic (exact) mass is 227 g/mol. The van der Waals surface area contributed by atoms with Gasteiger partial charge < -0.3 is 15.5 Å². The zero-order chi connectivity index (χ0) is 11.0. The number of benzene rings is 1. The Morgan fingerprint density at radius 1 is 1.53 bits per heavy atom. The van der Waals surface area contributed by atoms with Gasteiger partial charge in [0.1, 0.15) is 0 Å². The third kappa shape index (κ3) is 1.91. The molecule has 2 unspecified atom stereocenters. The molecule has 0 bridgehead atoms. The van der Waals surface area contributed by atoms with E-state index >= 15 is 0 Å². The van der Waals surface area contributed by atoms with Crippen molar-refractivity contribution in [2.75, 3.05) is 0 Å². The lowest BCUT2D eigenvalue weighted by Gasteiger charge is -2.14. The van der Waals surface area contributed by atoms with Crippen LogP contribution < -0.4 is 5.32 Å². The number of nitrogens with one attached hydrogen (secondary N) is 1. The first-order valence-electron chi connectivity index (χ1n) is 4.54. The molecule has 1 aromatic carbocycles. The first-order valence-corrected chi connectivity index (χ1v) is 4.91. The van der Waals surface area contributed by atoms with Crippen molar-refractivity contribution in [2.24, 2.45) is 0 Å². The molecular weight excluding hydrogens is 218 g/mol. The van der Waals surface area contributed by atoms with Crippen molar-refractivity contribution < 1.29 is 15.0 Å². The van der Waals surface area contributed by atoms with Crippen molar-refractivity contribution in [2.45, 2.75) is 18.6 Å². The molecule has 0 spiro atoms. The van der Waals surface area contributed by atoms with Gasteiger partial charge in [-0.05, 0) is 29.7 Å². The summed E-state index contributed by atoms with van der Waals surface area (Å²) < 4.78 is 0. The second-order valence-corrected chi connectivity index (χ2v) is 3.98. The molecule has 4 nitrogen and oxygen atoms in total. The molecule has 80 valence electrons. The summed E-state index contributed by atoms with van der Waals surface area (Å²) in [6.07, 6.45) is -1.44. The Hall–Kier alpha value is -1.26. The minimum absolute atomic E-state index is 0.476. The van der Waals surface area contributed by atoms with Crippen LogP contribution in [0.3, 0.4) is 0 Å². The van der Waals surface area contributed by atoms with Crippen LogP contribution in [-0.4, -0.2) is 22.3 Å². The summed E-state index contributed by atoms with van der Waals surface area (Å²) in [7, 11) is 0. The zero-order valence-corrected chi connectivity index (χ0v) is 8.53. The molecule has 0 aromatic heterocycles. The van der Waals surface area contributed by atoms with Crippen LogP contribution in [0.5, 0.6) is 0 Å². The molecule has 0 saturated carbocycles. The van der Waals surface area contributed by atoms with E-state index in [1.165, 1.54) is 0 Å². The lowest BCUT2D eigenvalue weighted by molar-refractivity contribution is 0.131. The van der Waals surface area contributed by atoms with Crippen LogP contribution in [0.1, 0.15) is 17.2 Å². The highest BCUT2D eigenvalue weighted by molar-refractivity contribution is 6.30. The van der Waals surface area contributed by atoms with Crippen molar-refractivity contribution in [3.63, 3.8) is 0 Å². The number of aliphatic hydroxyl groups excluding tert-OH is 1. The first-order chi connectivity index (χ1) is 7.08. The largest absolute Gasteiger partial charge is 0.465 e. The van der Waals surface area contributed by atoms with Gasteiger partial charge in [-0.25, -0.2) is 4.79 Å². The lowest BCUT2D eigenvalue weighted by atomic mass is 10.1. The van der Waals surface area contributed by atoms with Crippen molar-refractivity contribution in [1.82, 2.24) is 5.32 Å². The van der Waals surface area contributed by atoms with E-state index in [9.17, 15) is 9.90 Å². The van der Waals surface area contributed by atoms with Gasteiger partial charge in [-0.15, -0.1) is 0 Å². The molecule has 5 heteroatoms. The van der Waals surface area contributed by atoms with E-state index in [1.807, 2.05) is 0 Å². The molecule has 2 rings (SSSR count). The second-order valence-electron chi connectivity index (χ2n) is 3.55. The minimum atomic E-state index is -1.13. The number of aliphatic hydroxyl groups is 1. The Bertz CT molecular complexity index is 408. The van der Waals surface area contributed by atoms with Crippen LogP contribution >= 0.6 is 11.6 Å². The average Bonchev–Trinajstić information content (AvgIpc) is 2.42. The number of hydrogen-bond donors (Lipinski definition) is 3. The normalized spacial score (nSPS) is 23.6. The summed E-state index contributed by atoms with van der Waals surface area (Å²) in [6.45, 7) is 0. The van der Waals surface area contributed by atoms with E-state index in [-0.39, 0.29) is 0 Å². The van der Waals surface area contributed by atoms with E-state index in [0.717, 1.165) is 11.1 Å². The molecule has 1 amide bonds. The highest BCUT2D eigenvalue weighted by atomic mass is 35.5. The average molecular weight is 228 g/mol. The summed E-state index contributed by atoms with van der Waals surface area (Å²) >= 11 is 5.81. The Morgan fingerprint density at radius 3 is 2.93 bits per heavy atom. The molecule has 3 N–H and O–H groups in total. The number of rotatable bonds is 1. The van der Waals surface area contributed by atoms with E-state index in [2.05, 4.69) is 5.32 Å². The van der Waals surface area contributed by atoms with Gasteiger partial charge in [-0.2, -0.15) is 0 Å². The lowest BCUT2D eigenvalue weighted by Crippen LogP contribution is -2.36. The van der Waals surface area contributed by atoms with Gasteiger partial charge in [0.05, 0.1) is 12.1 Å². The summed E-state index contributed by atoms with van der Waals surface area (Å²) in [5.74, 6) is 0. The summed E-state index contributed by atoms with van der Waals surface area (Å²) in [5, 5.41) is 21.3. The number of carboxylic acid groups (broad SMARTS) is 1. The first kappa shape index (κ1) is 10.3. The maximum atomic E-state index is 10.5. The number of carbonyl (C=O) groups is 1. The summed E-state index contributed by atoms with van der Waals surface area (Å²) in [5.41, 5.74) is 1.65. The third-order valence-electron chi connectivity index (χ3n) is 2.55. The molecule has 0 heterocycles. The van der Waals surface area contributed by atoms with Crippen LogP contribution in [0.15, 0.2) is 18.2 Å². The Morgan fingerprint density at radius 2 is 2.27 bits per heavy atom. The van der Waals surface area contributed by atoms with Gasteiger partial charge in [0.15, 0.2) is 0 Å². The Kier molecular flexibility index (Phi) is 2.54. The topological polar surface area (TPSA) is 69.6 Å². The van der Waals surface area contributed by atoms with Gasteiger partial charge in [0, 0.05) is 5.02 Å². The highest BCUT2D eigenvalue weighted by Gasteiger charge is 2.31. The van der Waals surface area contributed by atoms with E-state index in [4.69, 9.17) is 16.7 Å². The fraction of sp³-hybridized carbons (Fsp3) is 0.300. The SMILES string of the molecule is O=C(O)NC1Cc2cc(Cl)ccc2C1O. The zero-order valence-electron chi connectivity index (χ0n) is 7.77. The van der Waals surface area contributed by atoms with Crippen LogP contribution in [0.25, 0.3) is 0 Å². The Labute approximate surface area is 91.5 Å². The Balaban J connectivity index is 2.25. The highest BCUT2D eigenvalue weighted by Crippen LogP contribution is 2.32. The van der Waals surface area contributed by atoms with Gasteiger partial charge in [-0.3, -0.25) is 0 Å². The van der Waals surface area contributed by atoms with E-state index in [0.29, 0.717) is 11.4 Å². The predicted molar refractivity (Wildman–Crippen MR) is 55.1 cm³/mol. The number of halogens is 1. The fourth-order valence-corrected chi connectivity index (χ4v) is 2.09. The van der Waals surface area contributed by atoms with E-state index in [1.54, 1.807) is 18.2 Å². The molecule has 15 heavy (non-hydrogen) atoms. The summed E-state index contributed by atoms with van der Waals surface area (Å²) in [4.78, 5) is 10.5. The standard InChI is InChI=1S/C10H10ClNO3/c11-6-1-2-7-5(3-6)4-8(9(7)13)12-10(14)15/h1-3,8-9,12-13H,4H2,(H,14,15). The molecule has 1 aromatic rings. The molecule has 0 fully saturated rings. The van der Waals surface area contributed by atoms with Gasteiger partial charge in [-0.1, -0.05) is 17.7 Å². The second kappa shape index (κ2) is 3.72. The van der Waals surface area contributed by atoms with Crippen LogP contribution in [0, 0.1) is 0 Å². The predicted octanol–water partition coefficient (Wildman–Crippen LogP) is 1.57. The number of hydrogen-bond acceptors (Lipinski definition) is 2. The van der Waals surface area contributed by atoms with Gasteiger partial charge in [0.2, 0.25) is 0 Å². The van der Waals surface area contributed by atoms with Crippen molar-refractivity contribution >= 4 is 17.7 Å². The van der Waals surface area contributed by atoms with Crippen molar-refractivity contribution in [3.8, 4) is 0 Å². The molecule has 0 radical (unpaired) electrons. The molecule has 0 saturated heterocycles. The minimum Gasteiger partial charge on any atom is -0.465 e. The molecule has 1 aliphatic carbocycles. The maximum absolute atomic E-state index is 10.5. The molecular formula is C10H10ClNO3. The molecule has 2 atom stereocenters. The smallest absolute Gasteiger partial charge is 0.404 e.